The van der Waals surface area contributed by atoms with Gasteiger partial charge in [-0.05, 0) is 81.5 Å². The van der Waals surface area contributed by atoms with Crippen LogP contribution in [0.25, 0.3) is 0 Å². The highest BCUT2D eigenvalue weighted by Gasteiger charge is 2.53. The van der Waals surface area contributed by atoms with Gasteiger partial charge >= 0.3 is 6.03 Å². The van der Waals surface area contributed by atoms with E-state index in [1.54, 1.807) is 0 Å². The average molecular weight is 292 g/mol. The number of nitrogens with one attached hydrogen (secondary N) is 2. The summed E-state index contributed by atoms with van der Waals surface area (Å²) >= 11 is 0. The molecule has 4 nitrogen and oxygen atoms in total. The van der Waals surface area contributed by atoms with Gasteiger partial charge < -0.3 is 15.4 Å². The molecule has 0 aromatic rings. The Bertz CT molecular complexity index is 382. The van der Waals surface area contributed by atoms with E-state index in [9.17, 15) is 4.79 Å². The molecule has 4 bridgehead atoms. The van der Waals surface area contributed by atoms with E-state index in [0.717, 1.165) is 37.2 Å². The van der Waals surface area contributed by atoms with Crippen LogP contribution in [0, 0.1) is 23.2 Å². The molecule has 2 N–H and O–H groups in total. The average Bonchev–Trinajstić information content (AvgIpc) is 2.89. The second-order valence-electron chi connectivity index (χ2n) is 8.12. The summed E-state index contributed by atoms with van der Waals surface area (Å²) in [6.45, 7) is 3.00. The molecular formula is C17H28N2O2. The fourth-order valence-corrected chi connectivity index (χ4v) is 5.94. The number of carbonyl (C=O) groups is 1. The monoisotopic (exact) mass is 292 g/mol. The van der Waals surface area contributed by atoms with E-state index in [1.807, 2.05) is 0 Å². The predicted molar refractivity (Wildman–Crippen MR) is 80.7 cm³/mol. The SMILES string of the molecule is CC(NC(=O)NC1CCCO1)C12CC3CC(CC(C3)C1)C2. The van der Waals surface area contributed by atoms with Crippen LogP contribution < -0.4 is 10.6 Å². The summed E-state index contributed by atoms with van der Waals surface area (Å²) in [4.78, 5) is 12.2. The molecule has 4 heteroatoms. The number of rotatable bonds is 3. The van der Waals surface area contributed by atoms with Crippen molar-refractivity contribution in [2.45, 2.75) is 70.6 Å². The van der Waals surface area contributed by atoms with E-state index in [-0.39, 0.29) is 18.3 Å². The van der Waals surface area contributed by atoms with Crippen LogP contribution in [0.3, 0.4) is 0 Å². The van der Waals surface area contributed by atoms with Crippen LogP contribution in [0.4, 0.5) is 4.79 Å². The lowest BCUT2D eigenvalue weighted by atomic mass is 9.48. The van der Waals surface area contributed by atoms with E-state index in [2.05, 4.69) is 17.6 Å². The van der Waals surface area contributed by atoms with Crippen LogP contribution in [-0.4, -0.2) is 24.9 Å². The molecule has 0 radical (unpaired) electrons. The first kappa shape index (κ1) is 13.9. The van der Waals surface area contributed by atoms with E-state index in [4.69, 9.17) is 4.74 Å². The predicted octanol–water partition coefficient (Wildman–Crippen LogP) is 3.03. The second kappa shape index (κ2) is 5.15. The fourth-order valence-electron chi connectivity index (χ4n) is 5.94. The molecule has 118 valence electrons. The Morgan fingerprint density at radius 1 is 1.14 bits per heavy atom. The zero-order valence-corrected chi connectivity index (χ0v) is 13.1. The summed E-state index contributed by atoms with van der Waals surface area (Å²) in [5, 5.41) is 6.20. The number of urea groups is 1. The Morgan fingerprint density at radius 2 is 1.76 bits per heavy atom. The highest BCUT2D eigenvalue weighted by atomic mass is 16.5. The summed E-state index contributed by atoms with van der Waals surface area (Å²) in [6.07, 6.45) is 10.3. The molecule has 0 aromatic heterocycles. The van der Waals surface area contributed by atoms with Crippen molar-refractivity contribution in [3.8, 4) is 0 Å². The van der Waals surface area contributed by atoms with Crippen molar-refractivity contribution in [1.29, 1.82) is 0 Å². The molecule has 2 unspecified atom stereocenters. The molecule has 1 heterocycles. The minimum atomic E-state index is -0.0754. The lowest BCUT2D eigenvalue weighted by molar-refractivity contribution is -0.0684. The molecule has 4 aliphatic carbocycles. The third-order valence-corrected chi connectivity index (χ3v) is 6.57. The highest BCUT2D eigenvalue weighted by molar-refractivity contribution is 5.74. The van der Waals surface area contributed by atoms with Crippen molar-refractivity contribution in [1.82, 2.24) is 10.6 Å². The first-order valence-corrected chi connectivity index (χ1v) is 8.82. The summed E-state index contributed by atoms with van der Waals surface area (Å²) in [7, 11) is 0. The van der Waals surface area contributed by atoms with Crippen LogP contribution in [-0.2, 0) is 4.74 Å². The zero-order chi connectivity index (χ0) is 14.4. The van der Waals surface area contributed by atoms with Crippen LogP contribution in [0.1, 0.15) is 58.3 Å². The van der Waals surface area contributed by atoms with Crippen LogP contribution in [0.2, 0.25) is 0 Å². The molecule has 0 spiro atoms. The second-order valence-corrected chi connectivity index (χ2v) is 8.12. The Labute approximate surface area is 127 Å². The smallest absolute Gasteiger partial charge is 0.317 e. The third kappa shape index (κ3) is 2.56. The van der Waals surface area contributed by atoms with Gasteiger partial charge in [0.05, 0.1) is 0 Å². The van der Waals surface area contributed by atoms with Crippen molar-refractivity contribution < 1.29 is 9.53 Å². The number of carbonyl (C=O) groups excluding carboxylic acids is 1. The van der Waals surface area contributed by atoms with Crippen LogP contribution >= 0.6 is 0 Å². The van der Waals surface area contributed by atoms with Gasteiger partial charge in [0.25, 0.3) is 0 Å². The number of amides is 2. The maximum absolute atomic E-state index is 12.2. The molecule has 1 aliphatic heterocycles. The fraction of sp³-hybridized carbons (Fsp3) is 0.941. The van der Waals surface area contributed by atoms with Gasteiger partial charge in [-0.1, -0.05) is 0 Å². The van der Waals surface area contributed by atoms with Gasteiger partial charge in [-0.25, -0.2) is 4.79 Å². The normalized spacial score (nSPS) is 45.6. The number of hydrogen-bond acceptors (Lipinski definition) is 2. The van der Waals surface area contributed by atoms with Crippen molar-refractivity contribution in [3.05, 3.63) is 0 Å². The molecule has 5 rings (SSSR count). The minimum absolute atomic E-state index is 0.0369. The molecule has 4 saturated carbocycles. The van der Waals surface area contributed by atoms with Crippen LogP contribution in [0.15, 0.2) is 0 Å². The van der Waals surface area contributed by atoms with E-state index < -0.39 is 0 Å². The molecule has 2 atom stereocenters. The van der Waals surface area contributed by atoms with E-state index in [0.29, 0.717) is 5.41 Å². The quantitative estimate of drug-likeness (QED) is 0.840. The Morgan fingerprint density at radius 3 is 2.29 bits per heavy atom. The van der Waals surface area contributed by atoms with Gasteiger partial charge in [-0.15, -0.1) is 0 Å². The molecule has 0 aromatic carbocycles. The van der Waals surface area contributed by atoms with E-state index >= 15 is 0 Å². The standard InChI is InChI=1S/C17H28N2O2/c1-11(18-16(20)19-15-3-2-4-21-15)17-8-12-5-13(9-17)7-14(6-12)10-17/h11-15H,2-10H2,1H3,(H2,18,19,20). The third-order valence-electron chi connectivity index (χ3n) is 6.57. The van der Waals surface area contributed by atoms with Crippen molar-refractivity contribution in [3.63, 3.8) is 0 Å². The topological polar surface area (TPSA) is 50.4 Å². The van der Waals surface area contributed by atoms with E-state index in [1.165, 1.54) is 38.5 Å². The molecule has 5 aliphatic rings. The van der Waals surface area contributed by atoms with Crippen molar-refractivity contribution in [2.75, 3.05) is 6.61 Å². The first-order valence-electron chi connectivity index (χ1n) is 8.82. The lowest BCUT2D eigenvalue weighted by Gasteiger charge is -2.59. The molecular weight excluding hydrogens is 264 g/mol. The van der Waals surface area contributed by atoms with Gasteiger partial charge in [-0.3, -0.25) is 0 Å². The molecule has 2 amide bonds. The molecule has 5 fully saturated rings. The van der Waals surface area contributed by atoms with Crippen molar-refractivity contribution >= 4 is 6.03 Å². The number of ether oxygens (including phenoxy) is 1. The summed E-state index contributed by atoms with van der Waals surface area (Å²) in [5.41, 5.74) is 0.378. The molecule has 21 heavy (non-hydrogen) atoms. The number of hydrogen-bond donors (Lipinski definition) is 2. The lowest BCUT2D eigenvalue weighted by Crippen LogP contribution is -2.57. The van der Waals surface area contributed by atoms with Gasteiger partial charge in [0.2, 0.25) is 0 Å². The largest absolute Gasteiger partial charge is 0.358 e. The first-order chi connectivity index (χ1) is 10.1. The Balaban J connectivity index is 1.38. The zero-order valence-electron chi connectivity index (χ0n) is 13.1. The van der Waals surface area contributed by atoms with Gasteiger partial charge in [0, 0.05) is 12.6 Å². The summed E-state index contributed by atoms with van der Waals surface area (Å²) < 4.78 is 5.48. The summed E-state index contributed by atoms with van der Waals surface area (Å²) in [6, 6.07) is 0.248. The van der Waals surface area contributed by atoms with Gasteiger partial charge in [-0.2, -0.15) is 0 Å². The Kier molecular flexibility index (Phi) is 3.40. The van der Waals surface area contributed by atoms with Crippen LogP contribution in [0.5, 0.6) is 0 Å². The maximum atomic E-state index is 12.2. The Hall–Kier alpha value is -0.770. The maximum Gasteiger partial charge on any atom is 0.317 e. The highest BCUT2D eigenvalue weighted by Crippen LogP contribution is 2.61. The van der Waals surface area contributed by atoms with Gasteiger partial charge in [0.1, 0.15) is 6.23 Å². The van der Waals surface area contributed by atoms with Gasteiger partial charge in [0.15, 0.2) is 0 Å². The molecule has 1 saturated heterocycles. The summed E-state index contributed by atoms with van der Waals surface area (Å²) in [5.74, 6) is 2.80. The van der Waals surface area contributed by atoms with Crippen molar-refractivity contribution in [2.24, 2.45) is 23.2 Å². The minimum Gasteiger partial charge on any atom is -0.358 e.